The first-order valence-electron chi connectivity index (χ1n) is 5.28. The van der Waals surface area contributed by atoms with E-state index in [9.17, 15) is 4.79 Å². The molecule has 0 aliphatic carbocycles. The molecule has 0 bridgehead atoms. The Kier molecular flexibility index (Phi) is 3.70. The van der Waals surface area contributed by atoms with Crippen molar-refractivity contribution in [3.63, 3.8) is 0 Å². The number of thioether (sulfide) groups is 1. The molecule has 0 aromatic carbocycles. The van der Waals surface area contributed by atoms with Gasteiger partial charge in [-0.15, -0.1) is 0 Å². The fourth-order valence-corrected chi connectivity index (χ4v) is 3.40. The van der Waals surface area contributed by atoms with E-state index in [0.717, 1.165) is 36.7 Å². The molecular formula is C10H15N3OS2. The number of hydrogen-bond acceptors (Lipinski definition) is 5. The van der Waals surface area contributed by atoms with Gasteiger partial charge >= 0.3 is 0 Å². The second-order valence-corrected chi connectivity index (χ2v) is 5.98. The van der Waals surface area contributed by atoms with Gasteiger partial charge in [-0.25, -0.2) is 4.98 Å². The zero-order valence-electron chi connectivity index (χ0n) is 9.23. The Morgan fingerprint density at radius 2 is 2.25 bits per heavy atom. The van der Waals surface area contributed by atoms with Gasteiger partial charge in [0.15, 0.2) is 5.13 Å². The van der Waals surface area contributed by atoms with Crippen molar-refractivity contribution in [3.05, 3.63) is 10.6 Å². The Hall–Kier alpha value is -0.750. The zero-order valence-corrected chi connectivity index (χ0v) is 10.9. The number of carbonyl (C=O) groups is 1. The molecule has 1 aromatic rings. The Morgan fingerprint density at radius 3 is 2.94 bits per heavy atom. The molecule has 0 unspecified atom stereocenters. The minimum Gasteiger partial charge on any atom is -0.375 e. The largest absolute Gasteiger partial charge is 0.375 e. The number of nitrogens with zero attached hydrogens (tertiary/aromatic N) is 2. The van der Waals surface area contributed by atoms with Gasteiger partial charge < -0.3 is 10.6 Å². The van der Waals surface area contributed by atoms with Gasteiger partial charge in [0.1, 0.15) is 4.88 Å². The van der Waals surface area contributed by atoms with E-state index in [1.807, 2.05) is 23.6 Å². The molecule has 1 aromatic heterocycles. The Morgan fingerprint density at radius 1 is 1.44 bits per heavy atom. The summed E-state index contributed by atoms with van der Waals surface area (Å²) in [7, 11) is 0. The first kappa shape index (κ1) is 11.7. The SMILES string of the molecule is Cc1nc(N)sc1C(=O)N1CCCSCC1. The van der Waals surface area contributed by atoms with Crippen molar-refractivity contribution in [2.24, 2.45) is 0 Å². The van der Waals surface area contributed by atoms with Crippen molar-refractivity contribution in [1.29, 1.82) is 0 Å². The molecule has 0 spiro atoms. The lowest BCUT2D eigenvalue weighted by atomic mass is 10.3. The normalized spacial score (nSPS) is 17.2. The number of aryl methyl sites for hydroxylation is 1. The van der Waals surface area contributed by atoms with E-state index in [2.05, 4.69) is 4.98 Å². The van der Waals surface area contributed by atoms with Gasteiger partial charge in [0.25, 0.3) is 5.91 Å². The van der Waals surface area contributed by atoms with Crippen LogP contribution in [0.5, 0.6) is 0 Å². The van der Waals surface area contributed by atoms with Crippen LogP contribution in [0.15, 0.2) is 0 Å². The maximum absolute atomic E-state index is 12.2. The molecule has 0 radical (unpaired) electrons. The molecule has 0 atom stereocenters. The van der Waals surface area contributed by atoms with E-state index in [0.29, 0.717) is 10.0 Å². The maximum atomic E-state index is 12.2. The summed E-state index contributed by atoms with van der Waals surface area (Å²) < 4.78 is 0. The molecule has 1 amide bonds. The predicted octanol–water partition coefficient (Wildman–Crippen LogP) is 1.61. The topological polar surface area (TPSA) is 59.2 Å². The van der Waals surface area contributed by atoms with E-state index in [1.165, 1.54) is 11.3 Å². The van der Waals surface area contributed by atoms with Crippen LogP contribution in [-0.2, 0) is 0 Å². The monoisotopic (exact) mass is 257 g/mol. The molecule has 1 aliphatic rings. The molecule has 4 nitrogen and oxygen atoms in total. The number of nitrogens with two attached hydrogens (primary N) is 1. The second kappa shape index (κ2) is 5.05. The summed E-state index contributed by atoms with van der Waals surface area (Å²) >= 11 is 3.20. The van der Waals surface area contributed by atoms with Crippen LogP contribution in [-0.4, -0.2) is 40.4 Å². The lowest BCUT2D eigenvalue weighted by Crippen LogP contribution is -2.32. The molecule has 1 fully saturated rings. The molecule has 1 saturated heterocycles. The van der Waals surface area contributed by atoms with Crippen LogP contribution in [0.4, 0.5) is 5.13 Å². The Bertz CT molecular complexity index is 383. The van der Waals surface area contributed by atoms with Crippen molar-refractivity contribution in [1.82, 2.24) is 9.88 Å². The molecule has 2 heterocycles. The average molecular weight is 257 g/mol. The number of carbonyl (C=O) groups excluding carboxylic acids is 1. The van der Waals surface area contributed by atoms with Gasteiger partial charge in [-0.1, -0.05) is 11.3 Å². The third-order valence-corrected chi connectivity index (χ3v) is 4.54. The number of nitrogen functional groups attached to an aromatic ring is 1. The summed E-state index contributed by atoms with van der Waals surface area (Å²) in [6.45, 7) is 3.52. The lowest BCUT2D eigenvalue weighted by molar-refractivity contribution is 0.0772. The number of thiazole rings is 1. The fraction of sp³-hybridized carbons (Fsp3) is 0.600. The molecule has 16 heavy (non-hydrogen) atoms. The van der Waals surface area contributed by atoms with Crippen molar-refractivity contribution < 1.29 is 4.79 Å². The van der Waals surface area contributed by atoms with Crippen LogP contribution in [0, 0.1) is 6.92 Å². The summed E-state index contributed by atoms with van der Waals surface area (Å²) in [6.07, 6.45) is 1.07. The van der Waals surface area contributed by atoms with Crippen LogP contribution in [0.2, 0.25) is 0 Å². The van der Waals surface area contributed by atoms with Gasteiger partial charge in [-0.2, -0.15) is 11.8 Å². The fourth-order valence-electron chi connectivity index (χ4n) is 1.71. The molecule has 0 saturated carbocycles. The van der Waals surface area contributed by atoms with E-state index < -0.39 is 0 Å². The lowest BCUT2D eigenvalue weighted by Gasteiger charge is -2.19. The highest BCUT2D eigenvalue weighted by Crippen LogP contribution is 2.22. The summed E-state index contributed by atoms with van der Waals surface area (Å²) in [4.78, 5) is 18.9. The van der Waals surface area contributed by atoms with Crippen molar-refractivity contribution in [3.8, 4) is 0 Å². The quantitative estimate of drug-likeness (QED) is 0.830. The van der Waals surface area contributed by atoms with Crippen molar-refractivity contribution >= 4 is 34.1 Å². The molecule has 88 valence electrons. The summed E-state index contributed by atoms with van der Waals surface area (Å²) in [5.74, 6) is 2.27. The molecule has 2 N–H and O–H groups in total. The summed E-state index contributed by atoms with van der Waals surface area (Å²) in [5.41, 5.74) is 6.36. The highest BCUT2D eigenvalue weighted by Gasteiger charge is 2.21. The van der Waals surface area contributed by atoms with Crippen molar-refractivity contribution in [2.45, 2.75) is 13.3 Å². The Labute approximate surface area is 103 Å². The standard InChI is InChI=1S/C10H15N3OS2/c1-7-8(16-10(11)12-7)9(14)13-3-2-5-15-6-4-13/h2-6H2,1H3,(H2,11,12). The molecular weight excluding hydrogens is 242 g/mol. The number of amides is 1. The van der Waals surface area contributed by atoms with E-state index in [1.54, 1.807) is 0 Å². The first-order valence-corrected chi connectivity index (χ1v) is 7.25. The first-order chi connectivity index (χ1) is 7.68. The van der Waals surface area contributed by atoms with Crippen molar-refractivity contribution in [2.75, 3.05) is 30.3 Å². The number of aromatic nitrogens is 1. The minimum absolute atomic E-state index is 0.0919. The molecule has 2 rings (SSSR count). The number of rotatable bonds is 1. The number of hydrogen-bond donors (Lipinski definition) is 1. The van der Waals surface area contributed by atoms with Crippen LogP contribution in [0.3, 0.4) is 0 Å². The molecule has 1 aliphatic heterocycles. The number of anilines is 1. The van der Waals surface area contributed by atoms with Gasteiger partial charge in [0.05, 0.1) is 5.69 Å². The smallest absolute Gasteiger partial charge is 0.265 e. The summed E-state index contributed by atoms with van der Waals surface area (Å²) in [6, 6.07) is 0. The third-order valence-electron chi connectivity index (χ3n) is 2.52. The van der Waals surface area contributed by atoms with E-state index in [-0.39, 0.29) is 5.91 Å². The minimum atomic E-state index is 0.0919. The summed E-state index contributed by atoms with van der Waals surface area (Å²) in [5, 5.41) is 0.477. The maximum Gasteiger partial charge on any atom is 0.265 e. The van der Waals surface area contributed by atoms with Gasteiger partial charge in [-0.05, 0) is 19.1 Å². The third kappa shape index (κ3) is 2.49. The van der Waals surface area contributed by atoms with Crippen LogP contribution >= 0.6 is 23.1 Å². The average Bonchev–Trinajstić information content (AvgIpc) is 2.49. The predicted molar refractivity (Wildman–Crippen MR) is 69.1 cm³/mol. The molecule has 6 heteroatoms. The van der Waals surface area contributed by atoms with E-state index in [4.69, 9.17) is 5.73 Å². The van der Waals surface area contributed by atoms with Crippen LogP contribution in [0.1, 0.15) is 21.8 Å². The Balaban J connectivity index is 2.14. The van der Waals surface area contributed by atoms with Crippen LogP contribution in [0.25, 0.3) is 0 Å². The highest BCUT2D eigenvalue weighted by molar-refractivity contribution is 7.99. The van der Waals surface area contributed by atoms with Crippen LogP contribution < -0.4 is 5.73 Å². The highest BCUT2D eigenvalue weighted by atomic mass is 32.2. The van der Waals surface area contributed by atoms with Gasteiger partial charge in [0.2, 0.25) is 0 Å². The second-order valence-electron chi connectivity index (χ2n) is 3.72. The van der Waals surface area contributed by atoms with E-state index >= 15 is 0 Å². The zero-order chi connectivity index (χ0) is 11.5. The van der Waals surface area contributed by atoms with Gasteiger partial charge in [0, 0.05) is 18.8 Å². The van der Waals surface area contributed by atoms with Gasteiger partial charge in [-0.3, -0.25) is 4.79 Å².